The summed E-state index contributed by atoms with van der Waals surface area (Å²) in [5.41, 5.74) is 2.36. The van der Waals surface area contributed by atoms with Crippen molar-refractivity contribution in [2.45, 2.75) is 19.3 Å². The molecule has 2 aromatic rings. The highest BCUT2D eigenvalue weighted by Gasteiger charge is 2.15. The summed E-state index contributed by atoms with van der Waals surface area (Å²) in [6, 6.07) is 5.92. The number of ether oxygens (including phenoxy) is 2. The molecule has 3 N–H and O–H groups in total. The SMILES string of the molecule is CN=C(NCCCOCC1CCOC1)NCCc1c[nH]c2ccc(Cl)cc12. The summed E-state index contributed by atoms with van der Waals surface area (Å²) < 4.78 is 11.1. The van der Waals surface area contributed by atoms with Gasteiger partial charge >= 0.3 is 0 Å². The molecule has 3 rings (SSSR count). The average molecular weight is 393 g/mol. The molecule has 0 bridgehead atoms. The number of hydrogen-bond acceptors (Lipinski definition) is 3. The zero-order valence-corrected chi connectivity index (χ0v) is 16.6. The second-order valence-corrected chi connectivity index (χ2v) is 7.27. The molecule has 1 aliphatic heterocycles. The number of hydrogen-bond donors (Lipinski definition) is 3. The number of nitrogens with one attached hydrogen (secondary N) is 3. The molecule has 1 saturated heterocycles. The second-order valence-electron chi connectivity index (χ2n) is 6.84. The van der Waals surface area contributed by atoms with Crippen LogP contribution in [0.15, 0.2) is 29.4 Å². The van der Waals surface area contributed by atoms with Crippen LogP contribution in [0.1, 0.15) is 18.4 Å². The first-order valence-electron chi connectivity index (χ1n) is 9.62. The Bertz CT molecular complexity index is 741. The van der Waals surface area contributed by atoms with Crippen molar-refractivity contribution in [3.05, 3.63) is 35.0 Å². The van der Waals surface area contributed by atoms with Crippen molar-refractivity contribution < 1.29 is 9.47 Å². The van der Waals surface area contributed by atoms with Crippen LogP contribution in [-0.4, -0.2) is 57.5 Å². The normalized spacial score (nSPS) is 17.6. The Kier molecular flexibility index (Phi) is 7.80. The van der Waals surface area contributed by atoms with Crippen LogP contribution in [0.5, 0.6) is 0 Å². The largest absolute Gasteiger partial charge is 0.381 e. The predicted molar refractivity (Wildman–Crippen MR) is 111 cm³/mol. The van der Waals surface area contributed by atoms with Crippen molar-refractivity contribution in [2.75, 3.05) is 46.6 Å². The van der Waals surface area contributed by atoms with Gasteiger partial charge in [0, 0.05) is 61.4 Å². The van der Waals surface area contributed by atoms with Gasteiger partial charge < -0.3 is 25.1 Å². The second kappa shape index (κ2) is 10.5. The van der Waals surface area contributed by atoms with Gasteiger partial charge in [0.2, 0.25) is 0 Å². The van der Waals surface area contributed by atoms with E-state index in [2.05, 4.69) is 20.6 Å². The smallest absolute Gasteiger partial charge is 0.190 e. The van der Waals surface area contributed by atoms with Gasteiger partial charge in [-0.25, -0.2) is 0 Å². The van der Waals surface area contributed by atoms with Gasteiger partial charge in [0.15, 0.2) is 5.96 Å². The van der Waals surface area contributed by atoms with Crippen LogP contribution in [0.3, 0.4) is 0 Å². The van der Waals surface area contributed by atoms with E-state index in [9.17, 15) is 0 Å². The van der Waals surface area contributed by atoms with Crippen LogP contribution in [0.4, 0.5) is 0 Å². The van der Waals surface area contributed by atoms with Gasteiger partial charge in [0.1, 0.15) is 0 Å². The fraction of sp³-hybridized carbons (Fsp3) is 0.550. The van der Waals surface area contributed by atoms with E-state index < -0.39 is 0 Å². The van der Waals surface area contributed by atoms with Gasteiger partial charge in [-0.15, -0.1) is 0 Å². The predicted octanol–water partition coefficient (Wildman–Crippen LogP) is 2.97. The number of H-pyrrole nitrogens is 1. The van der Waals surface area contributed by atoms with Gasteiger partial charge in [0.25, 0.3) is 0 Å². The summed E-state index contributed by atoms with van der Waals surface area (Å²) in [5, 5.41) is 8.63. The van der Waals surface area contributed by atoms with Crippen LogP contribution in [0.2, 0.25) is 5.02 Å². The van der Waals surface area contributed by atoms with Gasteiger partial charge in [-0.3, -0.25) is 4.99 Å². The Balaban J connectivity index is 1.31. The Morgan fingerprint density at radius 3 is 3.07 bits per heavy atom. The highest BCUT2D eigenvalue weighted by Crippen LogP contribution is 2.22. The van der Waals surface area contributed by atoms with Gasteiger partial charge in [-0.1, -0.05) is 11.6 Å². The molecule has 1 aromatic heterocycles. The van der Waals surface area contributed by atoms with Crippen LogP contribution in [0.25, 0.3) is 10.9 Å². The van der Waals surface area contributed by atoms with E-state index in [-0.39, 0.29) is 0 Å². The molecular weight excluding hydrogens is 364 g/mol. The number of halogens is 1. The van der Waals surface area contributed by atoms with Crippen LogP contribution in [0, 0.1) is 5.92 Å². The van der Waals surface area contributed by atoms with Crippen molar-refractivity contribution in [3.63, 3.8) is 0 Å². The Hall–Kier alpha value is -1.76. The maximum absolute atomic E-state index is 6.11. The van der Waals surface area contributed by atoms with E-state index in [0.29, 0.717) is 5.92 Å². The monoisotopic (exact) mass is 392 g/mol. The highest BCUT2D eigenvalue weighted by molar-refractivity contribution is 6.31. The lowest BCUT2D eigenvalue weighted by Gasteiger charge is -2.12. The first-order valence-corrected chi connectivity index (χ1v) is 9.99. The third-order valence-corrected chi connectivity index (χ3v) is 5.01. The molecule has 6 nitrogen and oxygen atoms in total. The average Bonchev–Trinajstić information content (AvgIpc) is 3.33. The van der Waals surface area contributed by atoms with Crippen LogP contribution in [-0.2, 0) is 15.9 Å². The third-order valence-electron chi connectivity index (χ3n) is 4.78. The molecule has 7 heteroatoms. The highest BCUT2D eigenvalue weighted by atomic mass is 35.5. The lowest BCUT2D eigenvalue weighted by molar-refractivity contribution is 0.0888. The summed E-state index contributed by atoms with van der Waals surface area (Å²) in [7, 11) is 1.79. The third kappa shape index (κ3) is 6.13. The van der Waals surface area contributed by atoms with Gasteiger partial charge in [-0.05, 0) is 43.0 Å². The summed E-state index contributed by atoms with van der Waals surface area (Å²) in [5.74, 6) is 1.39. The molecule has 0 aliphatic carbocycles. The summed E-state index contributed by atoms with van der Waals surface area (Å²) in [6.45, 7) is 4.93. The first-order chi connectivity index (χ1) is 13.3. The summed E-state index contributed by atoms with van der Waals surface area (Å²) >= 11 is 6.11. The quantitative estimate of drug-likeness (QED) is 0.348. The summed E-state index contributed by atoms with van der Waals surface area (Å²) in [4.78, 5) is 7.56. The van der Waals surface area contributed by atoms with E-state index in [4.69, 9.17) is 21.1 Å². The van der Waals surface area contributed by atoms with E-state index in [1.807, 2.05) is 24.4 Å². The Labute approximate surface area is 165 Å². The lowest BCUT2D eigenvalue weighted by atomic mass is 10.1. The Morgan fingerprint density at radius 1 is 1.37 bits per heavy atom. The minimum absolute atomic E-state index is 0.576. The number of nitrogens with zero attached hydrogens (tertiary/aromatic N) is 1. The first kappa shape index (κ1) is 20.0. The Morgan fingerprint density at radius 2 is 2.26 bits per heavy atom. The van der Waals surface area contributed by atoms with Crippen molar-refractivity contribution in [3.8, 4) is 0 Å². The molecule has 2 heterocycles. The number of aliphatic imine (C=N–C) groups is 1. The molecule has 1 atom stereocenters. The topological polar surface area (TPSA) is 70.7 Å². The number of aromatic amines is 1. The molecule has 1 fully saturated rings. The standard InChI is InChI=1S/C20H29ClN4O2/c1-22-20(23-7-2-9-26-13-15-6-10-27-14-15)24-8-5-16-12-25-19-4-3-17(21)11-18(16)19/h3-4,11-12,15,25H,2,5-10,13-14H2,1H3,(H2,22,23,24). The molecule has 148 valence electrons. The minimum atomic E-state index is 0.576. The number of benzene rings is 1. The zero-order chi connectivity index (χ0) is 18.9. The van der Waals surface area contributed by atoms with Gasteiger partial charge in [0.05, 0.1) is 13.2 Å². The van der Waals surface area contributed by atoms with E-state index >= 15 is 0 Å². The van der Waals surface area contributed by atoms with Crippen molar-refractivity contribution in [1.82, 2.24) is 15.6 Å². The van der Waals surface area contributed by atoms with Crippen LogP contribution < -0.4 is 10.6 Å². The van der Waals surface area contributed by atoms with Crippen molar-refractivity contribution in [2.24, 2.45) is 10.9 Å². The van der Waals surface area contributed by atoms with E-state index in [1.165, 1.54) is 10.9 Å². The maximum atomic E-state index is 6.11. The number of rotatable bonds is 9. The molecule has 0 saturated carbocycles. The molecule has 1 unspecified atom stereocenters. The molecule has 0 amide bonds. The van der Waals surface area contributed by atoms with Crippen LogP contribution >= 0.6 is 11.6 Å². The molecule has 27 heavy (non-hydrogen) atoms. The molecular formula is C20H29ClN4O2. The maximum Gasteiger partial charge on any atom is 0.190 e. The minimum Gasteiger partial charge on any atom is -0.381 e. The number of aromatic nitrogens is 1. The molecule has 0 spiro atoms. The molecule has 0 radical (unpaired) electrons. The van der Waals surface area contributed by atoms with E-state index in [0.717, 1.165) is 75.3 Å². The zero-order valence-electron chi connectivity index (χ0n) is 15.9. The van der Waals surface area contributed by atoms with Crippen molar-refractivity contribution in [1.29, 1.82) is 0 Å². The number of fused-ring (bicyclic) bond motifs is 1. The molecule has 1 aromatic carbocycles. The fourth-order valence-corrected chi connectivity index (χ4v) is 3.41. The van der Waals surface area contributed by atoms with Gasteiger partial charge in [-0.2, -0.15) is 0 Å². The number of guanidine groups is 1. The molecule has 1 aliphatic rings. The lowest BCUT2D eigenvalue weighted by Crippen LogP contribution is -2.39. The van der Waals surface area contributed by atoms with Crippen molar-refractivity contribution >= 4 is 28.5 Å². The summed E-state index contributed by atoms with van der Waals surface area (Å²) in [6.07, 6.45) is 5.02. The van der Waals surface area contributed by atoms with E-state index in [1.54, 1.807) is 7.05 Å². The fourth-order valence-electron chi connectivity index (χ4n) is 3.24.